The minimum atomic E-state index is 0.111. The fourth-order valence-electron chi connectivity index (χ4n) is 4.03. The predicted octanol–water partition coefficient (Wildman–Crippen LogP) is 4.94. The highest BCUT2D eigenvalue weighted by atomic mass is 16.1. The van der Waals surface area contributed by atoms with Crippen molar-refractivity contribution in [2.24, 2.45) is 5.92 Å². The molecule has 2 aromatic rings. The normalized spacial score (nSPS) is 17.7. The van der Waals surface area contributed by atoms with Crippen molar-refractivity contribution in [2.75, 3.05) is 28.6 Å². The number of pyridine rings is 1. The zero-order valence-electron chi connectivity index (χ0n) is 15.8. The second kappa shape index (κ2) is 8.42. The molecule has 1 aromatic heterocycles. The Balaban J connectivity index is 1.32. The first-order valence-corrected chi connectivity index (χ1v) is 10.2. The number of rotatable bonds is 5. The summed E-state index contributed by atoms with van der Waals surface area (Å²) in [5.74, 6) is 0.883. The van der Waals surface area contributed by atoms with Crippen molar-refractivity contribution in [3.05, 3.63) is 42.6 Å². The van der Waals surface area contributed by atoms with Crippen LogP contribution >= 0.6 is 0 Å². The van der Waals surface area contributed by atoms with Gasteiger partial charge in [-0.25, -0.2) is 4.98 Å². The Hall–Kier alpha value is -2.56. The molecule has 0 bridgehead atoms. The Labute approximate surface area is 161 Å². The molecule has 5 nitrogen and oxygen atoms in total. The molecule has 1 amide bonds. The van der Waals surface area contributed by atoms with Gasteiger partial charge in [0.1, 0.15) is 5.82 Å². The van der Waals surface area contributed by atoms with Crippen molar-refractivity contribution >= 4 is 28.8 Å². The van der Waals surface area contributed by atoms with E-state index < -0.39 is 0 Å². The lowest BCUT2D eigenvalue weighted by atomic mass is 9.89. The van der Waals surface area contributed by atoms with Gasteiger partial charge in [0, 0.05) is 30.4 Å². The van der Waals surface area contributed by atoms with Crippen molar-refractivity contribution < 1.29 is 4.79 Å². The van der Waals surface area contributed by atoms with E-state index in [1.54, 1.807) is 6.20 Å². The summed E-state index contributed by atoms with van der Waals surface area (Å²) in [6.45, 7) is 2.31. The number of hydrogen-bond donors (Lipinski definition) is 2. The molecule has 1 saturated carbocycles. The Morgan fingerprint density at radius 1 is 0.889 bits per heavy atom. The Kier molecular flexibility index (Phi) is 5.56. The lowest BCUT2D eigenvalue weighted by Crippen LogP contribution is -2.25. The molecule has 2 heterocycles. The summed E-state index contributed by atoms with van der Waals surface area (Å²) in [5.41, 5.74) is 3.25. The second-order valence-corrected chi connectivity index (χ2v) is 7.62. The van der Waals surface area contributed by atoms with E-state index in [4.69, 9.17) is 0 Å². The fraction of sp³-hybridized carbons (Fsp3) is 0.455. The van der Waals surface area contributed by atoms with E-state index in [0.29, 0.717) is 5.82 Å². The number of nitrogens with zero attached hydrogens (tertiary/aromatic N) is 2. The maximum absolute atomic E-state index is 12.3. The summed E-state index contributed by atoms with van der Waals surface area (Å²) in [6.07, 6.45) is 9.91. The Morgan fingerprint density at radius 3 is 2.26 bits per heavy atom. The molecule has 1 saturated heterocycles. The van der Waals surface area contributed by atoms with Gasteiger partial charge in [-0.3, -0.25) is 4.79 Å². The van der Waals surface area contributed by atoms with E-state index in [0.717, 1.165) is 50.1 Å². The van der Waals surface area contributed by atoms with Crippen LogP contribution in [-0.4, -0.2) is 24.0 Å². The van der Waals surface area contributed by atoms with Gasteiger partial charge in [0.25, 0.3) is 0 Å². The first-order valence-electron chi connectivity index (χ1n) is 10.2. The Bertz CT molecular complexity index is 745. The van der Waals surface area contributed by atoms with Crippen LogP contribution in [0.3, 0.4) is 0 Å². The second-order valence-electron chi connectivity index (χ2n) is 7.62. The number of carbonyl (C=O) groups is 1. The summed E-state index contributed by atoms with van der Waals surface area (Å²) < 4.78 is 0. The van der Waals surface area contributed by atoms with Gasteiger partial charge in [-0.05, 0) is 62.1 Å². The number of benzene rings is 1. The van der Waals surface area contributed by atoms with Crippen molar-refractivity contribution in [3.63, 3.8) is 0 Å². The maximum atomic E-state index is 12.3. The number of anilines is 4. The van der Waals surface area contributed by atoms with Crippen molar-refractivity contribution in [1.82, 2.24) is 4.98 Å². The highest BCUT2D eigenvalue weighted by molar-refractivity contribution is 5.91. The molecule has 142 valence electrons. The first kappa shape index (κ1) is 17.8. The molecular weight excluding hydrogens is 336 g/mol. The highest BCUT2D eigenvalue weighted by Crippen LogP contribution is 2.26. The molecule has 0 atom stereocenters. The molecule has 1 aromatic carbocycles. The zero-order chi connectivity index (χ0) is 18.5. The van der Waals surface area contributed by atoms with Gasteiger partial charge in [0.2, 0.25) is 5.91 Å². The number of aromatic nitrogens is 1. The smallest absolute Gasteiger partial charge is 0.228 e. The van der Waals surface area contributed by atoms with E-state index in [2.05, 4.69) is 44.8 Å². The van der Waals surface area contributed by atoms with E-state index >= 15 is 0 Å². The van der Waals surface area contributed by atoms with Gasteiger partial charge in [0.15, 0.2) is 0 Å². The van der Waals surface area contributed by atoms with Crippen LogP contribution < -0.4 is 15.5 Å². The van der Waals surface area contributed by atoms with E-state index in [1.807, 2.05) is 12.1 Å². The summed E-state index contributed by atoms with van der Waals surface area (Å²) in [5, 5.41) is 6.33. The SMILES string of the molecule is O=C(Nc1ccc(Nc2ccc(N3CCCC3)cc2)cn1)C1CCCCC1. The van der Waals surface area contributed by atoms with Crippen LogP contribution in [0.2, 0.25) is 0 Å². The third kappa shape index (κ3) is 4.59. The van der Waals surface area contributed by atoms with Gasteiger partial charge in [-0.15, -0.1) is 0 Å². The average Bonchev–Trinajstić information content (AvgIpc) is 3.26. The van der Waals surface area contributed by atoms with E-state index in [9.17, 15) is 4.79 Å². The first-order chi connectivity index (χ1) is 13.3. The van der Waals surface area contributed by atoms with E-state index in [-0.39, 0.29) is 11.8 Å². The van der Waals surface area contributed by atoms with E-state index in [1.165, 1.54) is 24.9 Å². The average molecular weight is 364 g/mol. The summed E-state index contributed by atoms with van der Waals surface area (Å²) in [7, 11) is 0. The molecule has 0 spiro atoms. The molecule has 1 aliphatic carbocycles. The number of amides is 1. The van der Waals surface area contributed by atoms with Crippen molar-refractivity contribution in [2.45, 2.75) is 44.9 Å². The van der Waals surface area contributed by atoms with Crippen LogP contribution in [0.15, 0.2) is 42.6 Å². The molecule has 5 heteroatoms. The lowest BCUT2D eigenvalue weighted by molar-refractivity contribution is -0.120. The zero-order valence-corrected chi connectivity index (χ0v) is 15.8. The molecule has 2 N–H and O–H groups in total. The molecule has 0 unspecified atom stereocenters. The molecule has 2 fully saturated rings. The predicted molar refractivity (Wildman–Crippen MR) is 111 cm³/mol. The van der Waals surface area contributed by atoms with Gasteiger partial charge in [-0.1, -0.05) is 19.3 Å². The van der Waals surface area contributed by atoms with Crippen LogP contribution in [0.1, 0.15) is 44.9 Å². The molecule has 27 heavy (non-hydrogen) atoms. The molecule has 0 radical (unpaired) electrons. The van der Waals surface area contributed by atoms with Gasteiger partial charge < -0.3 is 15.5 Å². The highest BCUT2D eigenvalue weighted by Gasteiger charge is 2.21. The third-order valence-electron chi connectivity index (χ3n) is 5.62. The summed E-state index contributed by atoms with van der Waals surface area (Å²) in [4.78, 5) is 19.1. The quantitative estimate of drug-likeness (QED) is 0.789. The Morgan fingerprint density at radius 2 is 1.59 bits per heavy atom. The largest absolute Gasteiger partial charge is 0.372 e. The molecular formula is C22H28N4O. The monoisotopic (exact) mass is 364 g/mol. The van der Waals surface area contributed by atoms with Crippen LogP contribution in [-0.2, 0) is 4.79 Å². The third-order valence-corrected chi connectivity index (χ3v) is 5.62. The molecule has 2 aliphatic rings. The minimum absolute atomic E-state index is 0.111. The standard InChI is InChI=1S/C22H28N4O/c27-22(17-6-2-1-3-7-17)25-21-13-10-19(16-23-21)24-18-8-11-20(12-9-18)26-14-4-5-15-26/h8-13,16-17,24H,1-7,14-15H2,(H,23,25,27). The van der Waals surface area contributed by atoms with Gasteiger partial charge >= 0.3 is 0 Å². The van der Waals surface area contributed by atoms with Crippen molar-refractivity contribution in [1.29, 1.82) is 0 Å². The molecule has 4 rings (SSSR count). The van der Waals surface area contributed by atoms with Crippen LogP contribution in [0.25, 0.3) is 0 Å². The van der Waals surface area contributed by atoms with Crippen molar-refractivity contribution in [3.8, 4) is 0 Å². The number of hydrogen-bond acceptors (Lipinski definition) is 4. The summed E-state index contributed by atoms with van der Waals surface area (Å²) in [6, 6.07) is 12.4. The number of carbonyl (C=O) groups excluding carboxylic acids is 1. The molecule has 1 aliphatic heterocycles. The topological polar surface area (TPSA) is 57.3 Å². The van der Waals surface area contributed by atoms with Crippen LogP contribution in [0.5, 0.6) is 0 Å². The van der Waals surface area contributed by atoms with Gasteiger partial charge in [-0.2, -0.15) is 0 Å². The van der Waals surface area contributed by atoms with Crippen LogP contribution in [0, 0.1) is 5.92 Å². The maximum Gasteiger partial charge on any atom is 0.228 e. The minimum Gasteiger partial charge on any atom is -0.372 e. The number of nitrogens with one attached hydrogen (secondary N) is 2. The fourth-order valence-corrected chi connectivity index (χ4v) is 4.03. The van der Waals surface area contributed by atoms with Gasteiger partial charge in [0.05, 0.1) is 11.9 Å². The lowest BCUT2D eigenvalue weighted by Gasteiger charge is -2.20. The summed E-state index contributed by atoms with van der Waals surface area (Å²) >= 11 is 0. The van der Waals surface area contributed by atoms with Crippen LogP contribution in [0.4, 0.5) is 22.9 Å².